The Balaban J connectivity index is 1.69. The second-order valence-electron chi connectivity index (χ2n) is 5.86. The molecule has 1 saturated heterocycles. The molecule has 124 valence electrons. The van der Waals surface area contributed by atoms with Gasteiger partial charge in [0.25, 0.3) is 0 Å². The van der Waals surface area contributed by atoms with Gasteiger partial charge >= 0.3 is 5.97 Å². The molecule has 1 aromatic rings. The van der Waals surface area contributed by atoms with Crippen molar-refractivity contribution in [3.63, 3.8) is 0 Å². The van der Waals surface area contributed by atoms with E-state index in [2.05, 4.69) is 5.32 Å². The highest BCUT2D eigenvalue weighted by Crippen LogP contribution is 2.20. The predicted octanol–water partition coefficient (Wildman–Crippen LogP) is 1.06. The van der Waals surface area contributed by atoms with Crippen molar-refractivity contribution in [1.82, 2.24) is 10.2 Å². The third-order valence-electron chi connectivity index (χ3n) is 4.07. The molecule has 6 nitrogen and oxygen atoms in total. The van der Waals surface area contributed by atoms with Crippen LogP contribution in [0.3, 0.4) is 0 Å². The summed E-state index contributed by atoms with van der Waals surface area (Å²) < 4.78 is 0. The summed E-state index contributed by atoms with van der Waals surface area (Å²) in [5.41, 5.74) is 0.909. The summed E-state index contributed by atoms with van der Waals surface area (Å²) in [5.74, 6) is -0.933. The number of piperidine rings is 1. The highest BCUT2D eigenvalue weighted by molar-refractivity contribution is 5.85. The van der Waals surface area contributed by atoms with Gasteiger partial charge in [-0.2, -0.15) is 0 Å². The van der Waals surface area contributed by atoms with Crippen LogP contribution in [0.5, 0.6) is 0 Å². The first kappa shape index (κ1) is 17.0. The first-order valence-electron chi connectivity index (χ1n) is 7.85. The summed E-state index contributed by atoms with van der Waals surface area (Å²) >= 11 is 0. The zero-order valence-electron chi connectivity index (χ0n) is 13.0. The predicted molar refractivity (Wildman–Crippen MR) is 84.7 cm³/mol. The molecule has 0 spiro atoms. The van der Waals surface area contributed by atoms with Crippen LogP contribution in [0.25, 0.3) is 0 Å². The maximum absolute atomic E-state index is 12.1. The van der Waals surface area contributed by atoms with Gasteiger partial charge in [-0.1, -0.05) is 30.3 Å². The molecule has 1 aromatic carbocycles. The quantitative estimate of drug-likeness (QED) is 0.821. The summed E-state index contributed by atoms with van der Waals surface area (Å²) in [6.45, 7) is 1.12. The maximum Gasteiger partial charge on any atom is 0.303 e. The minimum atomic E-state index is -0.789. The number of hydrogen-bond donors (Lipinski definition) is 2. The van der Waals surface area contributed by atoms with Crippen molar-refractivity contribution in [2.45, 2.75) is 25.7 Å². The number of amides is 2. The summed E-state index contributed by atoms with van der Waals surface area (Å²) in [6.07, 6.45) is 1.83. The number of likely N-dealkylation sites (tertiary alicyclic amines) is 1. The number of carboxylic acid groups (broad SMARTS) is 1. The molecule has 0 saturated carbocycles. The topological polar surface area (TPSA) is 86.7 Å². The van der Waals surface area contributed by atoms with E-state index in [1.165, 1.54) is 0 Å². The van der Waals surface area contributed by atoms with Gasteiger partial charge in [-0.25, -0.2) is 0 Å². The van der Waals surface area contributed by atoms with E-state index >= 15 is 0 Å². The molecule has 1 fully saturated rings. The van der Waals surface area contributed by atoms with Crippen LogP contribution in [0.2, 0.25) is 0 Å². The normalized spacial score (nSPS) is 15.2. The molecule has 0 radical (unpaired) electrons. The van der Waals surface area contributed by atoms with E-state index in [9.17, 15) is 14.4 Å². The monoisotopic (exact) mass is 318 g/mol. The standard InChI is InChI=1S/C17H22N2O4/c20-15(10-13-4-2-1-3-5-13)18-12-16(21)19-8-6-14(7-9-19)11-17(22)23/h1-5,14H,6-12H2,(H,18,20)(H,22,23). The van der Waals surface area contributed by atoms with Gasteiger partial charge in [0, 0.05) is 19.5 Å². The molecule has 6 heteroatoms. The van der Waals surface area contributed by atoms with Gasteiger partial charge in [-0.05, 0) is 24.3 Å². The Bertz CT molecular complexity index is 551. The fourth-order valence-electron chi connectivity index (χ4n) is 2.76. The highest BCUT2D eigenvalue weighted by Gasteiger charge is 2.24. The highest BCUT2D eigenvalue weighted by atomic mass is 16.4. The summed E-state index contributed by atoms with van der Waals surface area (Å²) in [7, 11) is 0. The largest absolute Gasteiger partial charge is 0.481 e. The van der Waals surface area contributed by atoms with Gasteiger partial charge in [-0.3, -0.25) is 14.4 Å². The Labute approximate surface area is 135 Å². The molecule has 0 aromatic heterocycles. The third-order valence-corrected chi connectivity index (χ3v) is 4.07. The van der Waals surface area contributed by atoms with Crippen molar-refractivity contribution in [1.29, 1.82) is 0 Å². The average molecular weight is 318 g/mol. The Hall–Kier alpha value is -2.37. The van der Waals surface area contributed by atoms with Gasteiger partial charge in [0.05, 0.1) is 13.0 Å². The van der Waals surface area contributed by atoms with Crippen LogP contribution >= 0.6 is 0 Å². The van der Waals surface area contributed by atoms with Crippen molar-refractivity contribution < 1.29 is 19.5 Å². The van der Waals surface area contributed by atoms with Gasteiger partial charge < -0.3 is 15.3 Å². The molecule has 0 bridgehead atoms. The summed E-state index contributed by atoms with van der Waals surface area (Å²) in [4.78, 5) is 36.3. The van der Waals surface area contributed by atoms with E-state index in [0.717, 1.165) is 5.56 Å². The van der Waals surface area contributed by atoms with Crippen LogP contribution in [0.1, 0.15) is 24.8 Å². The average Bonchev–Trinajstić information content (AvgIpc) is 2.54. The fraction of sp³-hybridized carbons (Fsp3) is 0.471. The molecule has 2 amide bonds. The first-order valence-corrected chi connectivity index (χ1v) is 7.85. The lowest BCUT2D eigenvalue weighted by molar-refractivity contribution is -0.139. The lowest BCUT2D eigenvalue weighted by Gasteiger charge is -2.31. The molecular formula is C17H22N2O4. The van der Waals surface area contributed by atoms with Gasteiger partial charge in [0.1, 0.15) is 0 Å². The molecule has 0 atom stereocenters. The second kappa shape index (κ2) is 8.31. The van der Waals surface area contributed by atoms with Crippen molar-refractivity contribution in [2.75, 3.05) is 19.6 Å². The smallest absolute Gasteiger partial charge is 0.303 e. The van der Waals surface area contributed by atoms with E-state index < -0.39 is 5.97 Å². The molecular weight excluding hydrogens is 296 g/mol. The third kappa shape index (κ3) is 5.73. The summed E-state index contributed by atoms with van der Waals surface area (Å²) in [6, 6.07) is 9.37. The maximum atomic E-state index is 12.1. The minimum absolute atomic E-state index is 0.00470. The van der Waals surface area contributed by atoms with Crippen molar-refractivity contribution in [2.24, 2.45) is 5.92 Å². The van der Waals surface area contributed by atoms with E-state index in [1.807, 2.05) is 30.3 Å². The van der Waals surface area contributed by atoms with Crippen molar-refractivity contribution in [3.05, 3.63) is 35.9 Å². The number of carbonyl (C=O) groups is 3. The summed E-state index contributed by atoms with van der Waals surface area (Å²) in [5, 5.41) is 11.4. The van der Waals surface area contributed by atoms with Gasteiger partial charge in [0.2, 0.25) is 11.8 Å². The van der Waals surface area contributed by atoms with Crippen LogP contribution < -0.4 is 5.32 Å². The van der Waals surface area contributed by atoms with Crippen molar-refractivity contribution in [3.8, 4) is 0 Å². The number of hydrogen-bond acceptors (Lipinski definition) is 3. The Morgan fingerprint density at radius 3 is 2.39 bits per heavy atom. The lowest BCUT2D eigenvalue weighted by atomic mass is 9.93. The zero-order chi connectivity index (χ0) is 16.7. The van der Waals surface area contributed by atoms with Crippen LogP contribution in [-0.4, -0.2) is 47.4 Å². The number of benzene rings is 1. The Morgan fingerprint density at radius 1 is 1.13 bits per heavy atom. The van der Waals surface area contributed by atoms with Crippen LogP contribution in [-0.2, 0) is 20.8 Å². The van der Waals surface area contributed by atoms with E-state index in [0.29, 0.717) is 25.9 Å². The van der Waals surface area contributed by atoms with Gasteiger partial charge in [-0.15, -0.1) is 0 Å². The van der Waals surface area contributed by atoms with E-state index in [-0.39, 0.29) is 37.1 Å². The Morgan fingerprint density at radius 2 is 1.78 bits per heavy atom. The minimum Gasteiger partial charge on any atom is -0.481 e. The second-order valence-corrected chi connectivity index (χ2v) is 5.86. The van der Waals surface area contributed by atoms with Crippen LogP contribution in [0, 0.1) is 5.92 Å². The van der Waals surface area contributed by atoms with Gasteiger partial charge in [0.15, 0.2) is 0 Å². The fourth-order valence-corrected chi connectivity index (χ4v) is 2.76. The van der Waals surface area contributed by atoms with Crippen LogP contribution in [0.15, 0.2) is 30.3 Å². The first-order chi connectivity index (χ1) is 11.0. The molecule has 1 heterocycles. The number of nitrogens with one attached hydrogen (secondary N) is 1. The molecule has 23 heavy (non-hydrogen) atoms. The molecule has 2 rings (SSSR count). The van der Waals surface area contributed by atoms with E-state index in [4.69, 9.17) is 5.11 Å². The zero-order valence-corrected chi connectivity index (χ0v) is 13.0. The molecule has 2 N–H and O–H groups in total. The molecule has 0 aliphatic carbocycles. The number of carboxylic acids is 1. The Kier molecular flexibility index (Phi) is 6.14. The SMILES string of the molecule is O=C(O)CC1CCN(C(=O)CNC(=O)Cc2ccccc2)CC1. The molecule has 1 aliphatic heterocycles. The number of nitrogens with zero attached hydrogens (tertiary/aromatic N) is 1. The number of rotatable bonds is 6. The molecule has 1 aliphatic rings. The van der Waals surface area contributed by atoms with E-state index in [1.54, 1.807) is 4.90 Å². The van der Waals surface area contributed by atoms with Crippen LogP contribution in [0.4, 0.5) is 0 Å². The lowest BCUT2D eigenvalue weighted by Crippen LogP contribution is -2.44. The van der Waals surface area contributed by atoms with Crippen molar-refractivity contribution >= 4 is 17.8 Å². The molecule has 0 unspecified atom stereocenters. The number of aliphatic carboxylic acids is 1. The number of carbonyl (C=O) groups excluding carboxylic acids is 2.